The fourth-order valence-electron chi connectivity index (χ4n) is 4.16. The molecule has 1 heterocycles. The van der Waals surface area contributed by atoms with Gasteiger partial charge in [-0.2, -0.15) is 12.6 Å². The molecule has 1 aliphatic carbocycles. The third kappa shape index (κ3) is 3.37. The Kier molecular flexibility index (Phi) is 4.88. The van der Waals surface area contributed by atoms with Crippen LogP contribution in [0.4, 0.5) is 0 Å². The molecule has 4 rings (SSSR count). The first-order chi connectivity index (χ1) is 12.2. The van der Waals surface area contributed by atoms with E-state index in [1.807, 2.05) is 23.9 Å². The van der Waals surface area contributed by atoms with Crippen LogP contribution in [0.5, 0.6) is 5.75 Å². The zero-order chi connectivity index (χ0) is 17.3. The second kappa shape index (κ2) is 7.13. The molecule has 3 heteroatoms. The van der Waals surface area contributed by atoms with Crippen LogP contribution < -0.4 is 4.74 Å². The van der Waals surface area contributed by atoms with E-state index >= 15 is 0 Å². The van der Waals surface area contributed by atoms with Gasteiger partial charge in [0.05, 0.1) is 11.2 Å². The van der Waals surface area contributed by atoms with Crippen LogP contribution in [0.3, 0.4) is 0 Å². The second-order valence-electron chi connectivity index (χ2n) is 7.00. The zero-order valence-electron chi connectivity index (χ0n) is 14.5. The first-order valence-corrected chi connectivity index (χ1v) is 10.3. The molecule has 0 spiro atoms. The molecular weight excluding hydrogens is 344 g/mol. The van der Waals surface area contributed by atoms with Gasteiger partial charge in [-0.3, -0.25) is 0 Å². The highest BCUT2D eigenvalue weighted by Gasteiger charge is 2.46. The number of methoxy groups -OCH3 is 1. The highest BCUT2D eigenvalue weighted by Crippen LogP contribution is 2.60. The van der Waals surface area contributed by atoms with Crippen molar-refractivity contribution in [1.82, 2.24) is 0 Å². The van der Waals surface area contributed by atoms with E-state index in [0.717, 1.165) is 5.75 Å². The second-order valence-corrected chi connectivity index (χ2v) is 9.47. The smallest absolute Gasteiger partial charge is 0.118 e. The number of thiol groups is 1. The number of allylic oxidation sites excluding steroid dienone is 1. The average molecular weight is 369 g/mol. The van der Waals surface area contributed by atoms with Gasteiger partial charge in [0, 0.05) is 10.8 Å². The van der Waals surface area contributed by atoms with Gasteiger partial charge in [0.15, 0.2) is 0 Å². The van der Waals surface area contributed by atoms with Crippen LogP contribution >= 0.6 is 24.4 Å². The molecule has 25 heavy (non-hydrogen) atoms. The van der Waals surface area contributed by atoms with Gasteiger partial charge < -0.3 is 4.74 Å². The molecule has 2 aliphatic rings. The highest BCUT2D eigenvalue weighted by atomic mass is 32.2. The molecule has 1 aliphatic heterocycles. The normalized spacial score (nSPS) is 28.8. The van der Waals surface area contributed by atoms with E-state index in [0.29, 0.717) is 11.8 Å². The summed E-state index contributed by atoms with van der Waals surface area (Å²) in [5, 5.41) is 0. The Balaban J connectivity index is 1.76. The minimum Gasteiger partial charge on any atom is -0.497 e. The minimum atomic E-state index is 0.0305. The van der Waals surface area contributed by atoms with E-state index in [9.17, 15) is 0 Å². The number of thioether (sulfide) groups is 1. The SMILES string of the molecule is COc1ccc(C2=C[C@H](c3ccccc3)[C@H]3CCCC[C@]3(S)S2)cc1. The first kappa shape index (κ1) is 17.1. The standard InChI is InChI=1S/C22H24OS2/c1-23-18-12-10-17(11-13-18)21-15-19(16-7-3-2-4-8-16)20-9-5-6-14-22(20,24)25-21/h2-4,7-8,10-13,15,19-20,24H,5-6,9,14H2,1H3/t19-,20-,22+/m1/s1. The molecule has 0 aromatic heterocycles. The predicted molar refractivity (Wildman–Crippen MR) is 111 cm³/mol. The molecule has 0 saturated heterocycles. The molecule has 0 amide bonds. The summed E-state index contributed by atoms with van der Waals surface area (Å²) in [5.74, 6) is 1.94. The summed E-state index contributed by atoms with van der Waals surface area (Å²) in [6, 6.07) is 19.4. The molecule has 0 N–H and O–H groups in total. The van der Waals surface area contributed by atoms with Crippen LogP contribution in [0, 0.1) is 5.92 Å². The first-order valence-electron chi connectivity index (χ1n) is 9.02. The molecule has 1 saturated carbocycles. The van der Waals surface area contributed by atoms with Crippen LogP contribution in [0.15, 0.2) is 60.7 Å². The Morgan fingerprint density at radius 2 is 1.80 bits per heavy atom. The molecule has 3 atom stereocenters. The van der Waals surface area contributed by atoms with Crippen molar-refractivity contribution in [3.63, 3.8) is 0 Å². The van der Waals surface area contributed by atoms with E-state index in [-0.39, 0.29) is 4.08 Å². The number of ether oxygens (including phenoxy) is 1. The van der Waals surface area contributed by atoms with E-state index < -0.39 is 0 Å². The summed E-state index contributed by atoms with van der Waals surface area (Å²) in [4.78, 5) is 1.35. The van der Waals surface area contributed by atoms with E-state index in [1.165, 1.54) is 41.7 Å². The Hall–Kier alpha value is -1.32. The maximum atomic E-state index is 5.31. The van der Waals surface area contributed by atoms with Gasteiger partial charge in [-0.15, -0.1) is 11.8 Å². The summed E-state index contributed by atoms with van der Waals surface area (Å²) in [5.41, 5.74) is 2.68. The molecule has 2 aromatic carbocycles. The Morgan fingerprint density at radius 3 is 2.52 bits per heavy atom. The lowest BCUT2D eigenvalue weighted by atomic mass is 9.75. The van der Waals surface area contributed by atoms with Gasteiger partial charge in [0.2, 0.25) is 0 Å². The number of hydrogen-bond donors (Lipinski definition) is 1. The third-order valence-corrected chi connectivity index (χ3v) is 7.77. The van der Waals surface area contributed by atoms with Crippen LogP contribution in [0.1, 0.15) is 42.7 Å². The molecule has 0 unspecified atom stereocenters. The number of fused-ring (bicyclic) bond motifs is 1. The monoisotopic (exact) mass is 368 g/mol. The van der Waals surface area contributed by atoms with Crippen molar-refractivity contribution >= 4 is 29.3 Å². The van der Waals surface area contributed by atoms with Gasteiger partial charge in [-0.25, -0.2) is 0 Å². The van der Waals surface area contributed by atoms with Crippen LogP contribution in [0.2, 0.25) is 0 Å². The van der Waals surface area contributed by atoms with Gasteiger partial charge >= 0.3 is 0 Å². The number of benzene rings is 2. The number of rotatable bonds is 3. The summed E-state index contributed by atoms with van der Waals surface area (Å²) >= 11 is 7.20. The summed E-state index contributed by atoms with van der Waals surface area (Å²) in [7, 11) is 1.71. The molecule has 130 valence electrons. The third-order valence-electron chi connectivity index (χ3n) is 5.49. The van der Waals surface area contributed by atoms with Crippen molar-refractivity contribution in [2.45, 2.75) is 35.7 Å². The van der Waals surface area contributed by atoms with E-state index in [2.05, 4.69) is 48.5 Å². The van der Waals surface area contributed by atoms with Crippen molar-refractivity contribution in [2.24, 2.45) is 5.92 Å². The van der Waals surface area contributed by atoms with Gasteiger partial charge in [0.1, 0.15) is 5.75 Å². The van der Waals surface area contributed by atoms with Crippen molar-refractivity contribution in [3.8, 4) is 5.75 Å². The Bertz CT molecular complexity index is 753. The summed E-state index contributed by atoms with van der Waals surface area (Å²) in [6.07, 6.45) is 7.53. The van der Waals surface area contributed by atoms with Crippen molar-refractivity contribution < 1.29 is 4.74 Å². The minimum absolute atomic E-state index is 0.0305. The molecule has 1 fully saturated rings. The van der Waals surface area contributed by atoms with E-state index in [1.54, 1.807) is 7.11 Å². The summed E-state index contributed by atoms with van der Waals surface area (Å²) < 4.78 is 5.34. The lowest BCUT2D eigenvalue weighted by Gasteiger charge is -2.47. The predicted octanol–water partition coefficient (Wildman–Crippen LogP) is 6.38. The Morgan fingerprint density at radius 1 is 1.04 bits per heavy atom. The summed E-state index contributed by atoms with van der Waals surface area (Å²) in [6.45, 7) is 0. The topological polar surface area (TPSA) is 9.23 Å². The van der Waals surface area contributed by atoms with Gasteiger partial charge in [0.25, 0.3) is 0 Å². The fraction of sp³-hybridized carbons (Fsp3) is 0.364. The largest absolute Gasteiger partial charge is 0.497 e. The Labute approximate surface area is 160 Å². The van der Waals surface area contributed by atoms with Crippen LogP contribution in [-0.4, -0.2) is 11.2 Å². The lowest BCUT2D eigenvalue weighted by Crippen LogP contribution is -2.38. The van der Waals surface area contributed by atoms with Gasteiger partial charge in [-0.1, -0.05) is 61.4 Å². The van der Waals surface area contributed by atoms with E-state index in [4.69, 9.17) is 17.4 Å². The maximum absolute atomic E-state index is 5.31. The van der Waals surface area contributed by atoms with Crippen LogP contribution in [0.25, 0.3) is 4.91 Å². The van der Waals surface area contributed by atoms with Crippen molar-refractivity contribution in [3.05, 3.63) is 71.8 Å². The quantitative estimate of drug-likeness (QED) is 0.629. The highest BCUT2D eigenvalue weighted by molar-refractivity contribution is 8.18. The molecule has 2 aromatic rings. The molecule has 1 nitrogen and oxygen atoms in total. The molecule has 0 bridgehead atoms. The average Bonchev–Trinajstić information content (AvgIpc) is 2.67. The van der Waals surface area contributed by atoms with Crippen molar-refractivity contribution in [2.75, 3.05) is 7.11 Å². The van der Waals surface area contributed by atoms with Crippen molar-refractivity contribution in [1.29, 1.82) is 0 Å². The fourth-order valence-corrected chi connectivity index (χ4v) is 6.41. The molecule has 0 radical (unpaired) electrons. The zero-order valence-corrected chi connectivity index (χ0v) is 16.2. The lowest BCUT2D eigenvalue weighted by molar-refractivity contribution is 0.322. The van der Waals surface area contributed by atoms with Gasteiger partial charge in [-0.05, 0) is 42.0 Å². The van der Waals surface area contributed by atoms with Crippen LogP contribution in [-0.2, 0) is 0 Å². The maximum Gasteiger partial charge on any atom is 0.118 e. The number of hydrogen-bond acceptors (Lipinski definition) is 3. The molecular formula is C22H24OS2.